The lowest BCUT2D eigenvalue weighted by atomic mass is 10.2. The lowest BCUT2D eigenvalue weighted by molar-refractivity contribution is 1.09. The number of pyridine rings is 1. The van der Waals surface area contributed by atoms with E-state index in [1.165, 1.54) is 5.56 Å². The largest absolute Gasteiger partial charge is 0.389 e. The number of nitrogens with one attached hydrogen (secondary N) is 1. The van der Waals surface area contributed by atoms with Crippen molar-refractivity contribution in [3.05, 3.63) is 45.8 Å². The molecule has 3 N–H and O–H groups in total. The van der Waals surface area contributed by atoms with Gasteiger partial charge < -0.3 is 11.1 Å². The Balaban J connectivity index is 2.13. The minimum atomic E-state index is 0.397. The molecule has 88 valence electrons. The molecule has 0 spiro atoms. The lowest BCUT2D eigenvalue weighted by Crippen LogP contribution is -2.11. The number of anilines is 1. The molecule has 0 amide bonds. The summed E-state index contributed by atoms with van der Waals surface area (Å²) >= 11 is 6.65. The predicted octanol–water partition coefficient (Wildman–Crippen LogP) is 2.70. The zero-order valence-electron chi connectivity index (χ0n) is 9.43. The minimum Gasteiger partial charge on any atom is -0.389 e. The second-order valence-corrected chi connectivity index (χ2v) is 4.95. The molecule has 2 aromatic heterocycles. The summed E-state index contributed by atoms with van der Waals surface area (Å²) in [7, 11) is 0. The average Bonchev–Trinajstić information content (AvgIpc) is 2.78. The van der Waals surface area contributed by atoms with Gasteiger partial charge in [-0.25, -0.2) is 4.98 Å². The molecule has 0 fully saturated rings. The van der Waals surface area contributed by atoms with Crippen molar-refractivity contribution in [3.63, 3.8) is 0 Å². The Morgan fingerprint density at radius 3 is 3.00 bits per heavy atom. The maximum atomic E-state index is 5.62. The molecular weight excluding hydrogens is 250 g/mol. The van der Waals surface area contributed by atoms with Gasteiger partial charge in [-0.3, -0.25) is 0 Å². The molecule has 5 heteroatoms. The van der Waals surface area contributed by atoms with Crippen LogP contribution in [0.3, 0.4) is 0 Å². The molecule has 0 unspecified atom stereocenters. The van der Waals surface area contributed by atoms with Crippen LogP contribution in [0.5, 0.6) is 0 Å². The Kier molecular flexibility index (Phi) is 3.71. The average molecular weight is 263 g/mol. The van der Waals surface area contributed by atoms with Crippen molar-refractivity contribution in [2.75, 3.05) is 5.32 Å². The second-order valence-electron chi connectivity index (χ2n) is 3.73. The number of hydrogen-bond donors (Lipinski definition) is 2. The van der Waals surface area contributed by atoms with Crippen LogP contribution in [0.15, 0.2) is 29.0 Å². The molecule has 0 saturated heterocycles. The first kappa shape index (κ1) is 12.0. The van der Waals surface area contributed by atoms with E-state index in [1.807, 2.05) is 19.1 Å². The number of aromatic nitrogens is 1. The summed E-state index contributed by atoms with van der Waals surface area (Å²) in [5.74, 6) is 0.805. The highest BCUT2D eigenvalue weighted by Crippen LogP contribution is 2.13. The van der Waals surface area contributed by atoms with Crippen LogP contribution >= 0.6 is 23.6 Å². The zero-order valence-corrected chi connectivity index (χ0v) is 11.1. The molecule has 0 aromatic carbocycles. The second kappa shape index (κ2) is 5.25. The molecule has 0 aliphatic heterocycles. The van der Waals surface area contributed by atoms with Gasteiger partial charge in [-0.15, -0.1) is 0 Å². The van der Waals surface area contributed by atoms with Gasteiger partial charge in [-0.05, 0) is 41.4 Å². The molecule has 0 radical (unpaired) electrons. The number of hydrogen-bond acceptors (Lipinski definition) is 4. The van der Waals surface area contributed by atoms with E-state index in [9.17, 15) is 0 Å². The molecule has 0 atom stereocenters. The van der Waals surface area contributed by atoms with E-state index in [0.29, 0.717) is 4.99 Å². The first-order chi connectivity index (χ1) is 8.15. The highest BCUT2D eigenvalue weighted by molar-refractivity contribution is 7.80. The Hall–Kier alpha value is -1.46. The number of nitrogens with two attached hydrogens (primary N) is 1. The number of aryl methyl sites for hydroxylation is 1. The smallest absolute Gasteiger partial charge is 0.127 e. The lowest BCUT2D eigenvalue weighted by Gasteiger charge is -2.07. The van der Waals surface area contributed by atoms with Gasteiger partial charge in [-0.1, -0.05) is 12.2 Å². The summed E-state index contributed by atoms with van der Waals surface area (Å²) in [6, 6.07) is 5.85. The van der Waals surface area contributed by atoms with Crippen LogP contribution in [0.2, 0.25) is 0 Å². The molecule has 0 aliphatic carbocycles. The maximum Gasteiger partial charge on any atom is 0.127 e. The van der Waals surface area contributed by atoms with Crippen LogP contribution in [0.1, 0.15) is 16.8 Å². The SMILES string of the molecule is Cc1cc(C(N)=S)cc(NCc2ccsc2)n1. The molecule has 2 heterocycles. The Morgan fingerprint density at radius 2 is 2.35 bits per heavy atom. The van der Waals surface area contributed by atoms with E-state index in [1.54, 1.807) is 11.3 Å². The fourth-order valence-corrected chi connectivity index (χ4v) is 2.27. The van der Waals surface area contributed by atoms with Gasteiger partial charge in [0.2, 0.25) is 0 Å². The Bertz CT molecular complexity index is 521. The van der Waals surface area contributed by atoms with E-state index < -0.39 is 0 Å². The summed E-state index contributed by atoms with van der Waals surface area (Å²) in [5.41, 5.74) is 8.62. The van der Waals surface area contributed by atoms with Gasteiger partial charge in [0.05, 0.1) is 0 Å². The molecular formula is C12H13N3S2. The Labute approximate surface area is 110 Å². The minimum absolute atomic E-state index is 0.397. The third kappa shape index (κ3) is 3.25. The fraction of sp³-hybridized carbons (Fsp3) is 0.167. The van der Waals surface area contributed by atoms with Gasteiger partial charge in [0.15, 0.2) is 0 Å². The predicted molar refractivity (Wildman–Crippen MR) is 76.5 cm³/mol. The molecule has 17 heavy (non-hydrogen) atoms. The normalized spacial score (nSPS) is 10.2. The standard InChI is InChI=1S/C12H13N3S2/c1-8-4-10(12(13)16)5-11(15-8)14-6-9-2-3-17-7-9/h2-5,7H,6H2,1H3,(H2,13,16)(H,14,15). The van der Waals surface area contributed by atoms with Gasteiger partial charge in [0.1, 0.15) is 10.8 Å². The highest BCUT2D eigenvalue weighted by atomic mass is 32.1. The van der Waals surface area contributed by atoms with Gasteiger partial charge in [-0.2, -0.15) is 11.3 Å². The Morgan fingerprint density at radius 1 is 1.53 bits per heavy atom. The van der Waals surface area contributed by atoms with Gasteiger partial charge >= 0.3 is 0 Å². The van der Waals surface area contributed by atoms with Gasteiger partial charge in [0.25, 0.3) is 0 Å². The van der Waals surface area contributed by atoms with Crippen LogP contribution in [0.25, 0.3) is 0 Å². The van der Waals surface area contributed by atoms with E-state index in [2.05, 4.69) is 27.1 Å². The maximum absolute atomic E-state index is 5.62. The third-order valence-electron chi connectivity index (χ3n) is 2.29. The van der Waals surface area contributed by atoms with Gasteiger partial charge in [0, 0.05) is 17.8 Å². The molecule has 2 rings (SSSR count). The van der Waals surface area contributed by atoms with Crippen molar-refractivity contribution in [3.8, 4) is 0 Å². The number of thiocarbonyl (C=S) groups is 1. The van der Waals surface area contributed by atoms with Crippen molar-refractivity contribution in [1.82, 2.24) is 4.98 Å². The number of rotatable bonds is 4. The van der Waals surface area contributed by atoms with E-state index in [4.69, 9.17) is 18.0 Å². The van der Waals surface area contributed by atoms with Crippen molar-refractivity contribution in [2.24, 2.45) is 5.73 Å². The third-order valence-corrected chi connectivity index (χ3v) is 3.26. The van der Waals surface area contributed by atoms with Crippen molar-refractivity contribution >= 4 is 34.4 Å². The number of nitrogens with zero attached hydrogens (tertiary/aromatic N) is 1. The van der Waals surface area contributed by atoms with Crippen molar-refractivity contribution in [1.29, 1.82) is 0 Å². The van der Waals surface area contributed by atoms with Crippen molar-refractivity contribution in [2.45, 2.75) is 13.5 Å². The molecule has 0 bridgehead atoms. The molecule has 3 nitrogen and oxygen atoms in total. The first-order valence-corrected chi connectivity index (χ1v) is 6.53. The van der Waals surface area contributed by atoms with Crippen LogP contribution in [0.4, 0.5) is 5.82 Å². The first-order valence-electron chi connectivity index (χ1n) is 5.18. The molecule has 2 aromatic rings. The molecule has 0 saturated carbocycles. The van der Waals surface area contributed by atoms with E-state index >= 15 is 0 Å². The summed E-state index contributed by atoms with van der Waals surface area (Å²) in [6.07, 6.45) is 0. The van der Waals surface area contributed by atoms with Crippen LogP contribution < -0.4 is 11.1 Å². The summed E-state index contributed by atoms with van der Waals surface area (Å²) in [4.78, 5) is 4.79. The fourth-order valence-electron chi connectivity index (χ4n) is 1.49. The van der Waals surface area contributed by atoms with Crippen LogP contribution in [0, 0.1) is 6.92 Å². The summed E-state index contributed by atoms with van der Waals surface area (Å²) in [6.45, 7) is 2.69. The van der Waals surface area contributed by atoms with Crippen LogP contribution in [-0.2, 0) is 6.54 Å². The zero-order chi connectivity index (χ0) is 12.3. The van der Waals surface area contributed by atoms with E-state index in [-0.39, 0.29) is 0 Å². The molecule has 0 aliphatic rings. The monoisotopic (exact) mass is 263 g/mol. The van der Waals surface area contributed by atoms with E-state index in [0.717, 1.165) is 23.6 Å². The highest BCUT2D eigenvalue weighted by Gasteiger charge is 2.02. The van der Waals surface area contributed by atoms with Crippen LogP contribution in [-0.4, -0.2) is 9.97 Å². The number of thiophene rings is 1. The van der Waals surface area contributed by atoms with Crippen molar-refractivity contribution < 1.29 is 0 Å². The topological polar surface area (TPSA) is 50.9 Å². The summed E-state index contributed by atoms with van der Waals surface area (Å²) in [5, 5.41) is 7.43. The quantitative estimate of drug-likeness (QED) is 0.833. The summed E-state index contributed by atoms with van der Waals surface area (Å²) < 4.78 is 0.